The van der Waals surface area contributed by atoms with Crippen LogP contribution in [0.25, 0.3) is 6.08 Å². The zero-order valence-electron chi connectivity index (χ0n) is 11.8. The van der Waals surface area contributed by atoms with Crippen LogP contribution in [0.5, 0.6) is 0 Å². The third-order valence-corrected chi connectivity index (χ3v) is 4.47. The number of carboxylic acid groups (broad SMARTS) is 1. The van der Waals surface area contributed by atoms with Crippen molar-refractivity contribution in [3.05, 3.63) is 28.9 Å². The average molecular weight is 324 g/mol. The van der Waals surface area contributed by atoms with Crippen LogP contribution in [-0.4, -0.2) is 36.8 Å². The molecular weight excluding hydrogens is 308 g/mol. The summed E-state index contributed by atoms with van der Waals surface area (Å²) in [6, 6.07) is 0.997. The topological polar surface area (TPSA) is 62.5 Å². The Kier molecular flexibility index (Phi) is 4.84. The normalized spacial score (nSPS) is 18.6. The molecule has 2 rings (SSSR count). The van der Waals surface area contributed by atoms with E-state index in [1.54, 1.807) is 6.08 Å². The van der Waals surface area contributed by atoms with Crippen LogP contribution >= 0.6 is 24.0 Å². The molecule has 0 radical (unpaired) electrons. The van der Waals surface area contributed by atoms with Gasteiger partial charge in [-0.2, -0.15) is 0 Å². The van der Waals surface area contributed by atoms with Crippen molar-refractivity contribution in [2.75, 3.05) is 0 Å². The number of carbonyl (C=O) groups excluding carboxylic acids is 1. The lowest BCUT2D eigenvalue weighted by Crippen LogP contribution is -2.43. The fourth-order valence-electron chi connectivity index (χ4n) is 2.15. The minimum atomic E-state index is -1.02. The summed E-state index contributed by atoms with van der Waals surface area (Å²) in [5.74, 6) is -1.34. The molecular formula is C14H16N2O3S2. The predicted octanol–water partition coefficient (Wildman–Crippen LogP) is 2.48. The molecule has 5 nitrogen and oxygen atoms in total. The first-order chi connectivity index (χ1) is 9.93. The number of carbonyl (C=O) groups is 2. The van der Waals surface area contributed by atoms with Crippen molar-refractivity contribution >= 4 is 46.3 Å². The second-order valence-corrected chi connectivity index (χ2v) is 6.48. The number of carboxylic acids is 1. The summed E-state index contributed by atoms with van der Waals surface area (Å²) in [7, 11) is 1.89. The lowest BCUT2D eigenvalue weighted by Gasteiger charge is -2.22. The Hall–Kier alpha value is -1.60. The zero-order valence-corrected chi connectivity index (χ0v) is 13.4. The second kappa shape index (κ2) is 6.44. The largest absolute Gasteiger partial charge is 0.480 e. The molecule has 1 saturated heterocycles. The number of hydrogen-bond donors (Lipinski definition) is 1. The van der Waals surface area contributed by atoms with Crippen molar-refractivity contribution < 1.29 is 14.7 Å². The van der Waals surface area contributed by atoms with Gasteiger partial charge < -0.3 is 9.67 Å². The SMILES string of the molecule is CCC[C@@H](C(=O)O)N1C(=O)/C(=C\c2ccn(C)c2)SC1=S. The summed E-state index contributed by atoms with van der Waals surface area (Å²) in [5, 5.41) is 9.29. The van der Waals surface area contributed by atoms with Crippen molar-refractivity contribution in [2.24, 2.45) is 7.05 Å². The summed E-state index contributed by atoms with van der Waals surface area (Å²) in [6.45, 7) is 1.88. The van der Waals surface area contributed by atoms with Gasteiger partial charge in [-0.1, -0.05) is 37.3 Å². The first kappa shape index (κ1) is 15.8. The van der Waals surface area contributed by atoms with Gasteiger partial charge in [0.1, 0.15) is 10.4 Å². The number of hydrogen-bond acceptors (Lipinski definition) is 4. The molecule has 1 aromatic heterocycles. The number of amides is 1. The third kappa shape index (κ3) is 3.36. The van der Waals surface area contributed by atoms with Gasteiger partial charge in [-0.15, -0.1) is 0 Å². The first-order valence-corrected chi connectivity index (χ1v) is 7.78. The Morgan fingerprint density at radius 2 is 2.29 bits per heavy atom. The highest BCUT2D eigenvalue weighted by atomic mass is 32.2. The molecule has 1 amide bonds. The fraction of sp³-hybridized carbons (Fsp3) is 0.357. The molecule has 1 atom stereocenters. The summed E-state index contributed by atoms with van der Waals surface area (Å²) >= 11 is 6.34. The number of aromatic nitrogens is 1. The van der Waals surface area contributed by atoms with Gasteiger partial charge in [0.2, 0.25) is 0 Å². The minimum Gasteiger partial charge on any atom is -0.480 e. The number of nitrogens with zero attached hydrogens (tertiary/aromatic N) is 2. The van der Waals surface area contributed by atoms with Crippen molar-refractivity contribution in [3.8, 4) is 0 Å². The van der Waals surface area contributed by atoms with E-state index >= 15 is 0 Å². The lowest BCUT2D eigenvalue weighted by atomic mass is 10.1. The quantitative estimate of drug-likeness (QED) is 0.666. The molecule has 1 aliphatic heterocycles. The Labute approximate surface area is 132 Å². The van der Waals surface area contributed by atoms with Crippen LogP contribution < -0.4 is 0 Å². The van der Waals surface area contributed by atoms with Crippen LogP contribution in [0, 0.1) is 0 Å². The highest BCUT2D eigenvalue weighted by molar-refractivity contribution is 8.26. The van der Waals surface area contributed by atoms with Gasteiger partial charge in [0, 0.05) is 19.4 Å². The monoisotopic (exact) mass is 324 g/mol. The Morgan fingerprint density at radius 1 is 1.57 bits per heavy atom. The average Bonchev–Trinajstić information content (AvgIpc) is 2.93. The van der Waals surface area contributed by atoms with E-state index in [0.29, 0.717) is 22.1 Å². The van der Waals surface area contributed by atoms with Gasteiger partial charge in [0.25, 0.3) is 5.91 Å². The van der Waals surface area contributed by atoms with E-state index in [1.165, 1.54) is 4.90 Å². The Morgan fingerprint density at radius 3 is 2.81 bits per heavy atom. The van der Waals surface area contributed by atoms with Crippen LogP contribution in [0.4, 0.5) is 0 Å². The molecule has 0 aromatic carbocycles. The number of rotatable bonds is 5. The van der Waals surface area contributed by atoms with Crippen molar-refractivity contribution in [1.29, 1.82) is 0 Å². The maximum absolute atomic E-state index is 12.4. The summed E-state index contributed by atoms with van der Waals surface area (Å²) in [5.41, 5.74) is 0.889. The molecule has 1 aromatic rings. The smallest absolute Gasteiger partial charge is 0.326 e. The second-order valence-electron chi connectivity index (χ2n) is 4.80. The van der Waals surface area contributed by atoms with Gasteiger partial charge >= 0.3 is 5.97 Å². The molecule has 2 heterocycles. The van der Waals surface area contributed by atoms with E-state index in [4.69, 9.17) is 12.2 Å². The van der Waals surface area contributed by atoms with E-state index in [-0.39, 0.29) is 5.91 Å². The van der Waals surface area contributed by atoms with Crippen molar-refractivity contribution in [2.45, 2.75) is 25.8 Å². The van der Waals surface area contributed by atoms with Crippen molar-refractivity contribution in [1.82, 2.24) is 9.47 Å². The van der Waals surface area contributed by atoms with E-state index in [9.17, 15) is 14.7 Å². The zero-order chi connectivity index (χ0) is 15.6. The highest BCUT2D eigenvalue weighted by Gasteiger charge is 2.39. The molecule has 1 N–H and O–H groups in total. The van der Waals surface area contributed by atoms with Gasteiger partial charge in [0.15, 0.2) is 0 Å². The summed E-state index contributed by atoms with van der Waals surface area (Å²) < 4.78 is 2.19. The minimum absolute atomic E-state index is 0.308. The van der Waals surface area contributed by atoms with Crippen LogP contribution in [-0.2, 0) is 16.6 Å². The maximum Gasteiger partial charge on any atom is 0.326 e. The van der Waals surface area contributed by atoms with Crippen molar-refractivity contribution in [3.63, 3.8) is 0 Å². The number of thioether (sulfide) groups is 1. The fourth-order valence-corrected chi connectivity index (χ4v) is 3.50. The van der Waals surface area contributed by atoms with Gasteiger partial charge in [0.05, 0.1) is 4.91 Å². The summed E-state index contributed by atoms with van der Waals surface area (Å²) in [6.07, 6.45) is 6.56. The first-order valence-electron chi connectivity index (χ1n) is 6.56. The lowest BCUT2D eigenvalue weighted by molar-refractivity contribution is -0.145. The van der Waals surface area contributed by atoms with Gasteiger partial charge in [-0.3, -0.25) is 9.69 Å². The third-order valence-electron chi connectivity index (χ3n) is 3.13. The molecule has 1 aliphatic rings. The van der Waals surface area contributed by atoms with Gasteiger partial charge in [-0.05, 0) is 24.1 Å². The molecule has 0 aliphatic carbocycles. The molecule has 1 fully saturated rings. The van der Waals surface area contributed by atoms with E-state index < -0.39 is 12.0 Å². The van der Waals surface area contributed by atoms with Crippen LogP contribution in [0.2, 0.25) is 0 Å². The van der Waals surface area contributed by atoms with Crippen LogP contribution in [0.3, 0.4) is 0 Å². The molecule has 0 saturated carbocycles. The molecule has 0 unspecified atom stereocenters. The molecule has 112 valence electrons. The predicted molar refractivity (Wildman–Crippen MR) is 86.8 cm³/mol. The standard InChI is InChI=1S/C14H16N2O3S2/c1-3-4-10(13(18)19)16-12(17)11(21-14(16)20)7-9-5-6-15(2)8-9/h5-8,10H,3-4H2,1-2H3,(H,18,19)/b11-7+/t10-/m0/s1. The molecule has 0 bridgehead atoms. The Bertz CT molecular complexity index is 621. The number of thiocarbonyl (C=S) groups is 1. The van der Waals surface area contributed by atoms with Crippen LogP contribution in [0.1, 0.15) is 25.3 Å². The van der Waals surface area contributed by atoms with E-state index in [0.717, 1.165) is 17.3 Å². The Balaban J connectivity index is 2.27. The number of aliphatic carboxylic acids is 1. The number of aryl methyl sites for hydroxylation is 1. The van der Waals surface area contributed by atoms with Gasteiger partial charge in [-0.25, -0.2) is 4.79 Å². The molecule has 7 heteroatoms. The van der Waals surface area contributed by atoms with E-state index in [2.05, 4.69) is 0 Å². The molecule has 0 spiro atoms. The summed E-state index contributed by atoms with van der Waals surface area (Å²) in [4.78, 5) is 25.5. The molecule has 21 heavy (non-hydrogen) atoms. The maximum atomic E-state index is 12.4. The highest BCUT2D eigenvalue weighted by Crippen LogP contribution is 2.34. The van der Waals surface area contributed by atoms with Crippen LogP contribution in [0.15, 0.2) is 23.4 Å². The van der Waals surface area contributed by atoms with E-state index in [1.807, 2.05) is 37.0 Å².